The van der Waals surface area contributed by atoms with Gasteiger partial charge in [0.25, 0.3) is 0 Å². The van der Waals surface area contributed by atoms with Gasteiger partial charge >= 0.3 is 0 Å². The molecule has 2 aromatic heterocycles. The predicted molar refractivity (Wildman–Crippen MR) is 125 cm³/mol. The molecule has 0 aliphatic rings. The summed E-state index contributed by atoms with van der Waals surface area (Å²) in [5.74, 6) is 0.448. The Bertz CT molecular complexity index is 1200. The lowest BCUT2D eigenvalue weighted by Crippen LogP contribution is -2.23. The molecule has 2 aromatic carbocycles. The van der Waals surface area contributed by atoms with Crippen LogP contribution in [0.4, 0.5) is 5.69 Å². The molecule has 1 atom stereocenters. The Hall–Kier alpha value is -2.87. The number of aromatic nitrogens is 4. The summed E-state index contributed by atoms with van der Waals surface area (Å²) < 4.78 is 1.93. The number of benzene rings is 2. The molecule has 9 heteroatoms. The van der Waals surface area contributed by atoms with Crippen LogP contribution in [-0.2, 0) is 4.79 Å². The summed E-state index contributed by atoms with van der Waals surface area (Å²) in [5, 5.41) is 12.4. The molecule has 0 radical (unpaired) electrons. The van der Waals surface area contributed by atoms with E-state index in [-0.39, 0.29) is 5.91 Å². The van der Waals surface area contributed by atoms with Gasteiger partial charge in [0.15, 0.2) is 11.0 Å². The van der Waals surface area contributed by atoms with Crippen LogP contribution in [0.1, 0.15) is 6.92 Å². The van der Waals surface area contributed by atoms with Gasteiger partial charge in [0, 0.05) is 23.6 Å². The number of anilines is 1. The Morgan fingerprint density at radius 2 is 1.74 bits per heavy atom. The average molecular weight is 470 g/mol. The zero-order valence-electron chi connectivity index (χ0n) is 16.4. The third kappa shape index (κ3) is 4.74. The number of amides is 1. The molecule has 1 unspecified atom stereocenters. The Morgan fingerprint density at radius 1 is 1.00 bits per heavy atom. The van der Waals surface area contributed by atoms with Crippen molar-refractivity contribution >= 4 is 46.6 Å². The largest absolute Gasteiger partial charge is 0.324 e. The molecule has 6 nitrogen and oxygen atoms in total. The Morgan fingerprint density at radius 3 is 2.48 bits per heavy atom. The van der Waals surface area contributed by atoms with Crippen molar-refractivity contribution in [2.45, 2.75) is 17.3 Å². The second-order valence-electron chi connectivity index (χ2n) is 6.56. The van der Waals surface area contributed by atoms with E-state index in [2.05, 4.69) is 20.5 Å². The number of thioether (sulfide) groups is 1. The second-order valence-corrected chi connectivity index (χ2v) is 8.66. The molecule has 1 N–H and O–H groups in total. The molecule has 2 heterocycles. The summed E-state index contributed by atoms with van der Waals surface area (Å²) in [5.41, 5.74) is 2.24. The molecule has 0 aliphatic heterocycles. The van der Waals surface area contributed by atoms with Crippen molar-refractivity contribution in [3.8, 4) is 17.1 Å². The van der Waals surface area contributed by atoms with Crippen LogP contribution in [0, 0.1) is 0 Å². The lowest BCUT2D eigenvalue weighted by molar-refractivity contribution is -0.115. The van der Waals surface area contributed by atoms with Crippen LogP contribution in [0.5, 0.6) is 0 Å². The molecular formula is C22H17Cl2N5OS. The lowest BCUT2D eigenvalue weighted by atomic mass is 10.2. The van der Waals surface area contributed by atoms with E-state index in [4.69, 9.17) is 23.2 Å². The standard InChI is InChI=1S/C22H17Cl2N5OS/c1-14(21(30)26-18-9-5-8-17(23)19(18)24)31-22-28-27-20(15-10-12-25-13-11-15)29(22)16-6-3-2-4-7-16/h2-14H,1H3,(H,26,30). The van der Waals surface area contributed by atoms with Crippen LogP contribution >= 0.6 is 35.0 Å². The maximum atomic E-state index is 12.8. The highest BCUT2D eigenvalue weighted by molar-refractivity contribution is 8.00. The van der Waals surface area contributed by atoms with Crippen molar-refractivity contribution in [3.63, 3.8) is 0 Å². The monoisotopic (exact) mass is 469 g/mol. The molecule has 4 rings (SSSR count). The minimum atomic E-state index is -0.466. The van der Waals surface area contributed by atoms with E-state index in [0.29, 0.717) is 26.7 Å². The molecule has 0 bridgehead atoms. The molecule has 0 spiro atoms. The van der Waals surface area contributed by atoms with Crippen LogP contribution in [0.2, 0.25) is 10.0 Å². The summed E-state index contributed by atoms with van der Waals surface area (Å²) in [7, 11) is 0. The highest BCUT2D eigenvalue weighted by atomic mass is 35.5. The number of carbonyl (C=O) groups excluding carboxylic acids is 1. The molecule has 1 amide bonds. The summed E-state index contributed by atoms with van der Waals surface area (Å²) in [6.07, 6.45) is 3.41. The van der Waals surface area contributed by atoms with Crippen LogP contribution in [0.15, 0.2) is 78.2 Å². The van der Waals surface area contributed by atoms with Gasteiger partial charge in [-0.3, -0.25) is 14.3 Å². The van der Waals surface area contributed by atoms with Crippen molar-refractivity contribution in [2.24, 2.45) is 0 Å². The van der Waals surface area contributed by atoms with Gasteiger partial charge < -0.3 is 5.32 Å². The van der Waals surface area contributed by atoms with Crippen molar-refractivity contribution in [1.82, 2.24) is 19.7 Å². The van der Waals surface area contributed by atoms with E-state index in [1.807, 2.05) is 47.0 Å². The maximum Gasteiger partial charge on any atom is 0.237 e. The van der Waals surface area contributed by atoms with E-state index in [1.54, 1.807) is 37.5 Å². The van der Waals surface area contributed by atoms with E-state index in [1.165, 1.54) is 11.8 Å². The molecule has 0 saturated carbocycles. The topological polar surface area (TPSA) is 72.7 Å². The molecule has 4 aromatic rings. The van der Waals surface area contributed by atoms with E-state index < -0.39 is 5.25 Å². The molecule has 156 valence electrons. The van der Waals surface area contributed by atoms with Crippen LogP contribution < -0.4 is 5.32 Å². The molecule has 31 heavy (non-hydrogen) atoms. The van der Waals surface area contributed by atoms with Crippen LogP contribution in [0.25, 0.3) is 17.1 Å². The number of pyridine rings is 1. The van der Waals surface area contributed by atoms with Crippen LogP contribution in [-0.4, -0.2) is 30.9 Å². The summed E-state index contributed by atoms with van der Waals surface area (Å²) in [6, 6.07) is 18.6. The molecular weight excluding hydrogens is 453 g/mol. The van der Waals surface area contributed by atoms with Gasteiger partial charge in [-0.2, -0.15) is 0 Å². The van der Waals surface area contributed by atoms with Gasteiger partial charge in [-0.25, -0.2) is 0 Å². The van der Waals surface area contributed by atoms with Gasteiger partial charge in [0.2, 0.25) is 5.91 Å². The van der Waals surface area contributed by atoms with Crippen molar-refractivity contribution in [2.75, 3.05) is 5.32 Å². The fraction of sp³-hybridized carbons (Fsp3) is 0.0909. The lowest BCUT2D eigenvalue weighted by Gasteiger charge is -2.14. The minimum Gasteiger partial charge on any atom is -0.324 e. The number of rotatable bonds is 6. The quantitative estimate of drug-likeness (QED) is 0.363. The highest BCUT2D eigenvalue weighted by Crippen LogP contribution is 2.32. The number of halogens is 2. The zero-order valence-corrected chi connectivity index (χ0v) is 18.7. The van der Waals surface area contributed by atoms with Gasteiger partial charge in [0.1, 0.15) is 0 Å². The number of carbonyl (C=O) groups is 1. The number of nitrogens with zero attached hydrogens (tertiary/aromatic N) is 4. The van der Waals surface area contributed by atoms with Crippen molar-refractivity contribution < 1.29 is 4.79 Å². The first kappa shape index (κ1) is 21.4. The number of para-hydroxylation sites is 1. The maximum absolute atomic E-state index is 12.8. The summed E-state index contributed by atoms with van der Waals surface area (Å²) in [6.45, 7) is 1.80. The number of hydrogen-bond donors (Lipinski definition) is 1. The number of nitrogens with one attached hydrogen (secondary N) is 1. The third-order valence-electron chi connectivity index (χ3n) is 4.45. The first-order chi connectivity index (χ1) is 15.0. The Kier molecular flexibility index (Phi) is 6.56. The Labute approximate surface area is 193 Å². The normalized spacial score (nSPS) is 11.8. The van der Waals surface area contributed by atoms with Crippen molar-refractivity contribution in [1.29, 1.82) is 0 Å². The van der Waals surface area contributed by atoms with Gasteiger partial charge in [-0.05, 0) is 43.3 Å². The SMILES string of the molecule is CC(Sc1nnc(-c2ccncc2)n1-c1ccccc1)C(=O)Nc1cccc(Cl)c1Cl. The molecule has 0 saturated heterocycles. The fourth-order valence-corrected chi connectivity index (χ4v) is 4.11. The number of hydrogen-bond acceptors (Lipinski definition) is 5. The molecule has 0 aliphatic carbocycles. The van der Waals surface area contributed by atoms with Crippen LogP contribution in [0.3, 0.4) is 0 Å². The molecule has 0 fully saturated rings. The highest BCUT2D eigenvalue weighted by Gasteiger charge is 2.22. The summed E-state index contributed by atoms with van der Waals surface area (Å²) >= 11 is 13.5. The van der Waals surface area contributed by atoms with E-state index >= 15 is 0 Å². The average Bonchev–Trinajstić information content (AvgIpc) is 3.21. The van der Waals surface area contributed by atoms with Crippen molar-refractivity contribution in [3.05, 3.63) is 83.1 Å². The predicted octanol–water partition coefficient (Wildman–Crippen LogP) is 5.76. The zero-order chi connectivity index (χ0) is 21.8. The Balaban J connectivity index is 1.63. The van der Waals surface area contributed by atoms with Gasteiger partial charge in [-0.15, -0.1) is 10.2 Å². The van der Waals surface area contributed by atoms with Gasteiger partial charge in [-0.1, -0.05) is 59.2 Å². The van der Waals surface area contributed by atoms with E-state index in [9.17, 15) is 4.79 Å². The summed E-state index contributed by atoms with van der Waals surface area (Å²) in [4.78, 5) is 16.9. The fourth-order valence-electron chi connectivity index (χ4n) is 2.89. The van der Waals surface area contributed by atoms with Gasteiger partial charge in [0.05, 0.1) is 21.0 Å². The smallest absolute Gasteiger partial charge is 0.237 e. The second kappa shape index (κ2) is 9.51. The third-order valence-corrected chi connectivity index (χ3v) is 6.31. The first-order valence-electron chi connectivity index (χ1n) is 9.37. The first-order valence-corrected chi connectivity index (χ1v) is 11.0. The van der Waals surface area contributed by atoms with E-state index in [0.717, 1.165) is 11.3 Å². The minimum absolute atomic E-state index is 0.220.